The number of hydrogen-bond donors (Lipinski definition) is 2. The molecule has 5 heteroatoms. The highest BCUT2D eigenvalue weighted by atomic mass is 16.4. The third-order valence-electron chi connectivity index (χ3n) is 4.53. The number of Topliss-reactive ketones (excluding diaryl/α,β-unsaturated/α-hetero) is 2. The third-order valence-corrected chi connectivity index (χ3v) is 4.53. The fourth-order valence-corrected chi connectivity index (χ4v) is 2.96. The van der Waals surface area contributed by atoms with Crippen LogP contribution in [0.2, 0.25) is 0 Å². The summed E-state index contributed by atoms with van der Waals surface area (Å²) in [5, 5.41) is 19.2. The number of aliphatic hydroxyl groups excluding tert-OH is 1. The maximum Gasteiger partial charge on any atom is 0.316 e. The molecule has 0 amide bonds. The summed E-state index contributed by atoms with van der Waals surface area (Å²) >= 11 is 0. The van der Waals surface area contributed by atoms with Gasteiger partial charge in [0.05, 0.1) is 12.5 Å². The number of rotatable bonds is 17. The van der Waals surface area contributed by atoms with Gasteiger partial charge < -0.3 is 10.2 Å². The normalized spacial score (nSPS) is 13.4. The van der Waals surface area contributed by atoms with Gasteiger partial charge in [-0.15, -0.1) is 0 Å². The molecule has 0 fully saturated rings. The van der Waals surface area contributed by atoms with Crippen LogP contribution in [0.4, 0.5) is 0 Å². The third kappa shape index (κ3) is 11.9. The SMILES string of the molecule is CCCCCCCCCC(=O)CC(=O)C(C(=O)O)C(O)CCCCC. The smallest absolute Gasteiger partial charge is 0.316 e. The molecule has 0 bridgehead atoms. The van der Waals surface area contributed by atoms with Gasteiger partial charge in [-0.2, -0.15) is 0 Å². The molecule has 2 N–H and O–H groups in total. The number of carbonyl (C=O) groups excluding carboxylic acids is 2. The molecule has 5 nitrogen and oxygen atoms in total. The molecule has 2 unspecified atom stereocenters. The molecule has 25 heavy (non-hydrogen) atoms. The summed E-state index contributed by atoms with van der Waals surface area (Å²) in [6.45, 7) is 4.18. The lowest BCUT2D eigenvalue weighted by atomic mass is 9.90. The lowest BCUT2D eigenvalue weighted by Crippen LogP contribution is -2.36. The zero-order valence-corrected chi connectivity index (χ0v) is 16.0. The van der Waals surface area contributed by atoms with E-state index in [1.165, 1.54) is 25.7 Å². The monoisotopic (exact) mass is 356 g/mol. The van der Waals surface area contributed by atoms with Crippen LogP contribution in [-0.2, 0) is 14.4 Å². The van der Waals surface area contributed by atoms with E-state index in [2.05, 4.69) is 6.92 Å². The molecular weight excluding hydrogens is 320 g/mol. The lowest BCUT2D eigenvalue weighted by Gasteiger charge is -2.17. The Bertz CT molecular complexity index is 392. The average Bonchev–Trinajstić information content (AvgIpc) is 2.54. The summed E-state index contributed by atoms with van der Waals surface area (Å²) in [5.74, 6) is -3.69. The second-order valence-corrected chi connectivity index (χ2v) is 6.93. The fourth-order valence-electron chi connectivity index (χ4n) is 2.96. The molecule has 0 rings (SSSR count). The van der Waals surface area contributed by atoms with E-state index in [1.807, 2.05) is 6.92 Å². The van der Waals surface area contributed by atoms with Crippen molar-refractivity contribution in [3.05, 3.63) is 0 Å². The molecule has 0 saturated heterocycles. The van der Waals surface area contributed by atoms with Gasteiger partial charge in [0.25, 0.3) is 0 Å². The van der Waals surface area contributed by atoms with Crippen molar-refractivity contribution < 1.29 is 24.6 Å². The average molecular weight is 357 g/mol. The van der Waals surface area contributed by atoms with Gasteiger partial charge in [0.2, 0.25) is 0 Å². The minimum atomic E-state index is -1.48. The molecule has 0 aromatic carbocycles. The van der Waals surface area contributed by atoms with Gasteiger partial charge in [0.1, 0.15) is 11.7 Å². The molecule has 146 valence electrons. The Morgan fingerprint density at radius 2 is 1.32 bits per heavy atom. The second-order valence-electron chi connectivity index (χ2n) is 6.93. The Kier molecular flexibility index (Phi) is 14.3. The minimum absolute atomic E-state index is 0.217. The maximum atomic E-state index is 12.1. The van der Waals surface area contributed by atoms with Crippen LogP contribution in [0.1, 0.15) is 97.3 Å². The maximum absolute atomic E-state index is 12.1. The van der Waals surface area contributed by atoms with Crippen molar-refractivity contribution in [1.82, 2.24) is 0 Å². The van der Waals surface area contributed by atoms with Gasteiger partial charge in [-0.1, -0.05) is 71.6 Å². The van der Waals surface area contributed by atoms with Crippen LogP contribution < -0.4 is 0 Å². The molecule has 0 heterocycles. The number of hydrogen-bond acceptors (Lipinski definition) is 4. The van der Waals surface area contributed by atoms with Gasteiger partial charge >= 0.3 is 5.97 Å². The molecule has 0 aliphatic rings. The fraction of sp³-hybridized carbons (Fsp3) is 0.850. The number of carbonyl (C=O) groups is 3. The van der Waals surface area contributed by atoms with Crippen LogP contribution in [0, 0.1) is 5.92 Å². The summed E-state index contributed by atoms with van der Waals surface area (Å²) in [6.07, 6.45) is 9.17. The number of ketones is 2. The molecule has 0 aliphatic heterocycles. The van der Waals surface area contributed by atoms with Crippen molar-refractivity contribution in [2.45, 2.75) is 103 Å². The van der Waals surface area contributed by atoms with E-state index in [1.54, 1.807) is 0 Å². The predicted molar refractivity (Wildman–Crippen MR) is 98.5 cm³/mol. The van der Waals surface area contributed by atoms with Crippen LogP contribution >= 0.6 is 0 Å². The lowest BCUT2D eigenvalue weighted by molar-refractivity contribution is -0.151. The van der Waals surface area contributed by atoms with Crippen molar-refractivity contribution in [1.29, 1.82) is 0 Å². The van der Waals surface area contributed by atoms with Gasteiger partial charge in [0.15, 0.2) is 5.78 Å². The van der Waals surface area contributed by atoms with E-state index in [9.17, 15) is 24.6 Å². The Labute approximate surface area is 152 Å². The summed E-state index contributed by atoms with van der Waals surface area (Å²) < 4.78 is 0. The quantitative estimate of drug-likeness (QED) is 0.299. The van der Waals surface area contributed by atoms with E-state index in [-0.39, 0.29) is 18.6 Å². The predicted octanol–water partition coefficient (Wildman–Crippen LogP) is 4.30. The molecular formula is C20H36O5. The molecule has 2 atom stereocenters. The van der Waals surface area contributed by atoms with Gasteiger partial charge in [0, 0.05) is 6.42 Å². The summed E-state index contributed by atoms with van der Waals surface area (Å²) in [4.78, 5) is 35.3. The molecule has 0 spiro atoms. The molecule has 0 aromatic heterocycles. The second kappa shape index (κ2) is 15.1. The van der Waals surface area contributed by atoms with Crippen LogP contribution in [-0.4, -0.2) is 33.9 Å². The van der Waals surface area contributed by atoms with Crippen molar-refractivity contribution in [3.63, 3.8) is 0 Å². The van der Waals surface area contributed by atoms with Gasteiger partial charge in [-0.3, -0.25) is 14.4 Å². The van der Waals surface area contributed by atoms with E-state index in [0.717, 1.165) is 32.1 Å². The van der Waals surface area contributed by atoms with E-state index < -0.39 is 23.8 Å². The first-order chi connectivity index (χ1) is 11.9. The van der Waals surface area contributed by atoms with Crippen molar-refractivity contribution >= 4 is 17.5 Å². The number of aliphatic hydroxyl groups is 1. The molecule has 0 saturated carbocycles. The zero-order valence-electron chi connectivity index (χ0n) is 16.0. The van der Waals surface area contributed by atoms with E-state index in [0.29, 0.717) is 12.8 Å². The van der Waals surface area contributed by atoms with E-state index >= 15 is 0 Å². The van der Waals surface area contributed by atoms with Crippen molar-refractivity contribution in [2.75, 3.05) is 0 Å². The van der Waals surface area contributed by atoms with E-state index in [4.69, 9.17) is 0 Å². The number of unbranched alkanes of at least 4 members (excludes halogenated alkanes) is 8. The van der Waals surface area contributed by atoms with Gasteiger partial charge in [-0.05, 0) is 12.8 Å². The highest BCUT2D eigenvalue weighted by Gasteiger charge is 2.33. The summed E-state index contributed by atoms with van der Waals surface area (Å²) in [7, 11) is 0. The number of aliphatic carboxylic acids is 1. The summed E-state index contributed by atoms with van der Waals surface area (Å²) in [5.41, 5.74) is 0. The number of carboxylic acid groups (broad SMARTS) is 1. The first-order valence-corrected chi connectivity index (χ1v) is 9.89. The topological polar surface area (TPSA) is 91.7 Å². The molecule has 0 aliphatic carbocycles. The Morgan fingerprint density at radius 1 is 0.800 bits per heavy atom. The van der Waals surface area contributed by atoms with Crippen molar-refractivity contribution in [3.8, 4) is 0 Å². The summed E-state index contributed by atoms with van der Waals surface area (Å²) in [6, 6.07) is 0. The van der Waals surface area contributed by atoms with Gasteiger partial charge in [-0.25, -0.2) is 0 Å². The highest BCUT2D eigenvalue weighted by Crippen LogP contribution is 2.17. The zero-order chi connectivity index (χ0) is 19.1. The largest absolute Gasteiger partial charge is 0.481 e. The highest BCUT2D eigenvalue weighted by molar-refractivity contribution is 6.07. The van der Waals surface area contributed by atoms with Crippen molar-refractivity contribution in [2.24, 2.45) is 5.92 Å². The first-order valence-electron chi connectivity index (χ1n) is 9.89. The molecule has 0 aromatic rings. The number of carboxylic acids is 1. The Balaban J connectivity index is 4.14. The van der Waals surface area contributed by atoms with Crippen LogP contribution in [0.3, 0.4) is 0 Å². The Hall–Kier alpha value is -1.23. The molecule has 0 radical (unpaired) electrons. The van der Waals surface area contributed by atoms with Crippen LogP contribution in [0.15, 0.2) is 0 Å². The standard InChI is InChI=1S/C20H36O5/c1-3-5-7-8-9-10-12-13-16(21)15-18(23)19(20(24)25)17(22)14-11-6-4-2/h17,19,22H,3-15H2,1-2H3,(H,24,25). The minimum Gasteiger partial charge on any atom is -0.481 e. The van der Waals surface area contributed by atoms with Crippen LogP contribution in [0.25, 0.3) is 0 Å². The van der Waals surface area contributed by atoms with Crippen LogP contribution in [0.5, 0.6) is 0 Å². The first kappa shape index (κ1) is 23.8. The Morgan fingerprint density at radius 3 is 1.88 bits per heavy atom.